The van der Waals surface area contributed by atoms with E-state index in [2.05, 4.69) is 10.4 Å². The Morgan fingerprint density at radius 1 is 1.00 bits per heavy atom. The second-order valence-electron chi connectivity index (χ2n) is 9.05. The van der Waals surface area contributed by atoms with E-state index in [0.29, 0.717) is 26.4 Å². The minimum Gasteiger partial charge on any atom is -0.497 e. The first-order valence-electron chi connectivity index (χ1n) is 12.3. The highest BCUT2D eigenvalue weighted by molar-refractivity contribution is 5.97. The fourth-order valence-electron chi connectivity index (χ4n) is 4.03. The van der Waals surface area contributed by atoms with Crippen LogP contribution in [0.4, 0.5) is 14.9 Å². The molecule has 1 heterocycles. The van der Waals surface area contributed by atoms with Gasteiger partial charge in [-0.3, -0.25) is 4.90 Å². The second kappa shape index (κ2) is 11.8. The number of carbonyl (C=O) groups excluding carboxylic acids is 2. The Bertz CT molecular complexity index is 1600. The quantitative estimate of drug-likeness (QED) is 0.238. The summed E-state index contributed by atoms with van der Waals surface area (Å²) in [4.78, 5) is 40.9. The normalized spacial score (nSPS) is 10.9. The van der Waals surface area contributed by atoms with E-state index in [1.54, 1.807) is 64.3 Å². The van der Waals surface area contributed by atoms with Gasteiger partial charge >= 0.3 is 17.7 Å². The minimum atomic E-state index is -0.995. The molecule has 0 unspecified atom stereocenters. The Kier molecular flexibility index (Phi) is 8.27. The number of aromatic nitrogens is 4. The number of ether oxygens (including phenoxy) is 3. The maximum Gasteiger partial charge on any atom is 0.377 e. The van der Waals surface area contributed by atoms with Crippen molar-refractivity contribution in [1.29, 1.82) is 0 Å². The average Bonchev–Trinajstić information content (AvgIpc) is 3.33. The van der Waals surface area contributed by atoms with E-state index in [1.165, 1.54) is 30.2 Å². The molecule has 0 N–H and O–H groups in total. The van der Waals surface area contributed by atoms with Gasteiger partial charge in [0.25, 0.3) is 0 Å². The van der Waals surface area contributed by atoms with Crippen LogP contribution in [0.1, 0.15) is 35.3 Å². The van der Waals surface area contributed by atoms with Gasteiger partial charge in [0.1, 0.15) is 23.8 Å². The van der Waals surface area contributed by atoms with Crippen LogP contribution >= 0.6 is 0 Å². The number of halogens is 1. The van der Waals surface area contributed by atoms with E-state index in [4.69, 9.17) is 14.2 Å². The average molecular weight is 550 g/mol. The molecule has 3 aromatic carbocycles. The molecule has 0 saturated carbocycles. The zero-order valence-corrected chi connectivity index (χ0v) is 22.6. The van der Waals surface area contributed by atoms with Crippen LogP contribution in [0, 0.1) is 12.7 Å². The summed E-state index contributed by atoms with van der Waals surface area (Å²) in [7, 11) is 2.88. The largest absolute Gasteiger partial charge is 0.497 e. The van der Waals surface area contributed by atoms with E-state index in [0.717, 1.165) is 11.6 Å². The summed E-state index contributed by atoms with van der Waals surface area (Å²) in [6.07, 6.45) is 0. The number of nitrogens with zero attached hydrogens (tertiary/aromatic N) is 5. The van der Waals surface area contributed by atoms with Gasteiger partial charge in [0.05, 0.1) is 19.8 Å². The molecule has 208 valence electrons. The molecule has 0 aliphatic rings. The van der Waals surface area contributed by atoms with Gasteiger partial charge in [-0.25, -0.2) is 18.8 Å². The van der Waals surface area contributed by atoms with E-state index in [9.17, 15) is 18.8 Å². The Labute approximate surface area is 229 Å². The third-order valence-corrected chi connectivity index (χ3v) is 6.11. The van der Waals surface area contributed by atoms with Gasteiger partial charge in [0.2, 0.25) is 0 Å². The number of carbonyl (C=O) groups is 2. The third kappa shape index (κ3) is 5.55. The first-order chi connectivity index (χ1) is 19.2. The lowest BCUT2D eigenvalue weighted by Crippen LogP contribution is -2.44. The molecule has 0 aliphatic heterocycles. The lowest BCUT2D eigenvalue weighted by molar-refractivity contribution is 0.0472. The van der Waals surface area contributed by atoms with Crippen LogP contribution in [0.2, 0.25) is 0 Å². The first-order valence-corrected chi connectivity index (χ1v) is 12.3. The molecule has 0 bridgehead atoms. The number of hydrogen-bond donors (Lipinski definition) is 0. The van der Waals surface area contributed by atoms with Gasteiger partial charge in [-0.1, -0.05) is 24.3 Å². The lowest BCUT2D eigenvalue weighted by Gasteiger charge is -2.26. The molecule has 0 atom stereocenters. The standard InChI is InChI=1S/C28H28FN5O6/c1-17(2)32(27(36)34-28(37)33(30-31-34)25-23(29)7-6-8-24(25)39-5)20-12-9-18(3)22(15-20)26(35)40-16-19-10-13-21(38-4)14-11-19/h6-15,17H,16H2,1-5H3. The Hall–Kier alpha value is -5.00. The van der Waals surface area contributed by atoms with Gasteiger partial charge in [0, 0.05) is 11.7 Å². The van der Waals surface area contributed by atoms with Crippen LogP contribution in [0.3, 0.4) is 0 Å². The van der Waals surface area contributed by atoms with Crippen molar-refractivity contribution in [3.05, 3.63) is 93.7 Å². The van der Waals surface area contributed by atoms with Crippen molar-refractivity contribution < 1.29 is 28.2 Å². The highest BCUT2D eigenvalue weighted by Crippen LogP contribution is 2.25. The van der Waals surface area contributed by atoms with E-state index < -0.39 is 29.5 Å². The summed E-state index contributed by atoms with van der Waals surface area (Å²) in [5.74, 6) is -0.637. The summed E-state index contributed by atoms with van der Waals surface area (Å²) in [5.41, 5.74) is 0.710. The minimum absolute atomic E-state index is 0.0390. The number of tetrazole rings is 1. The van der Waals surface area contributed by atoms with Crippen LogP contribution in [0.5, 0.6) is 11.5 Å². The van der Waals surface area contributed by atoms with Crippen molar-refractivity contribution in [3.8, 4) is 17.2 Å². The molecule has 1 amide bonds. The fraction of sp³-hybridized carbons (Fsp3) is 0.250. The molecule has 40 heavy (non-hydrogen) atoms. The molecule has 12 heteroatoms. The monoisotopic (exact) mass is 549 g/mol. The molecular formula is C28H28FN5O6. The SMILES string of the molecule is COc1ccc(COC(=O)c2cc(N(C(=O)n3nnn(-c4c(F)cccc4OC)c3=O)C(C)C)ccc2C)cc1. The van der Waals surface area contributed by atoms with Crippen molar-refractivity contribution in [2.45, 2.75) is 33.4 Å². The molecule has 0 fully saturated rings. The molecule has 0 saturated heterocycles. The summed E-state index contributed by atoms with van der Waals surface area (Å²) in [5, 5.41) is 7.39. The van der Waals surface area contributed by atoms with Crippen LogP contribution in [0.15, 0.2) is 65.5 Å². The Morgan fingerprint density at radius 3 is 2.38 bits per heavy atom. The zero-order valence-electron chi connectivity index (χ0n) is 22.6. The van der Waals surface area contributed by atoms with E-state index in [-0.39, 0.29) is 23.6 Å². The predicted molar refractivity (Wildman–Crippen MR) is 144 cm³/mol. The van der Waals surface area contributed by atoms with Gasteiger partial charge in [-0.15, -0.1) is 4.68 Å². The number of amides is 1. The van der Waals surface area contributed by atoms with E-state index >= 15 is 0 Å². The maximum atomic E-state index is 14.6. The van der Waals surface area contributed by atoms with Gasteiger partial charge < -0.3 is 14.2 Å². The number of para-hydroxylation sites is 1. The number of esters is 1. The molecule has 4 rings (SSSR count). The Balaban J connectivity index is 1.62. The highest BCUT2D eigenvalue weighted by Gasteiger charge is 2.28. The molecule has 11 nitrogen and oxygen atoms in total. The smallest absolute Gasteiger partial charge is 0.377 e. The van der Waals surface area contributed by atoms with Crippen LogP contribution in [-0.2, 0) is 11.3 Å². The maximum absolute atomic E-state index is 14.6. The van der Waals surface area contributed by atoms with Gasteiger partial charge in [0.15, 0.2) is 5.82 Å². The molecular weight excluding hydrogens is 521 g/mol. The molecule has 0 radical (unpaired) electrons. The van der Waals surface area contributed by atoms with Crippen LogP contribution < -0.4 is 20.1 Å². The van der Waals surface area contributed by atoms with Crippen molar-refractivity contribution in [3.63, 3.8) is 0 Å². The topological polar surface area (TPSA) is 118 Å². The predicted octanol–water partition coefficient (Wildman–Crippen LogP) is 4.13. The fourth-order valence-corrected chi connectivity index (χ4v) is 4.03. The number of anilines is 1. The van der Waals surface area contributed by atoms with Gasteiger partial charge in [-0.05, 0) is 78.7 Å². The second-order valence-corrected chi connectivity index (χ2v) is 9.05. The van der Waals surface area contributed by atoms with E-state index in [1.807, 2.05) is 0 Å². The number of methoxy groups -OCH3 is 2. The molecule has 0 spiro atoms. The Morgan fingerprint density at radius 2 is 1.73 bits per heavy atom. The lowest BCUT2D eigenvalue weighted by atomic mass is 10.1. The molecule has 4 aromatic rings. The summed E-state index contributed by atoms with van der Waals surface area (Å²) >= 11 is 0. The van der Waals surface area contributed by atoms with Crippen LogP contribution in [-0.4, -0.2) is 52.1 Å². The number of benzene rings is 3. The van der Waals surface area contributed by atoms with Crippen molar-refractivity contribution in [2.75, 3.05) is 19.1 Å². The third-order valence-electron chi connectivity index (χ3n) is 6.11. The van der Waals surface area contributed by atoms with Crippen molar-refractivity contribution >= 4 is 17.7 Å². The summed E-state index contributed by atoms with van der Waals surface area (Å²) in [6.45, 7) is 5.24. The van der Waals surface area contributed by atoms with Crippen molar-refractivity contribution in [1.82, 2.24) is 19.8 Å². The summed E-state index contributed by atoms with van der Waals surface area (Å²) in [6, 6.07) is 14.6. The molecule has 0 aliphatic carbocycles. The number of hydrogen-bond acceptors (Lipinski definition) is 8. The highest BCUT2D eigenvalue weighted by atomic mass is 19.1. The summed E-state index contributed by atoms with van der Waals surface area (Å²) < 4.78 is 31.5. The zero-order chi connectivity index (χ0) is 29.0. The van der Waals surface area contributed by atoms with Gasteiger partial charge in [-0.2, -0.15) is 4.68 Å². The molecule has 1 aromatic heterocycles. The van der Waals surface area contributed by atoms with Crippen LogP contribution in [0.25, 0.3) is 5.69 Å². The number of rotatable bonds is 8. The number of aryl methyl sites for hydroxylation is 1. The van der Waals surface area contributed by atoms with Crippen molar-refractivity contribution in [2.24, 2.45) is 0 Å². The first kappa shape index (κ1) is 28.0.